The third-order valence-corrected chi connectivity index (χ3v) is 13.0. The van der Waals surface area contributed by atoms with Gasteiger partial charge in [-0.05, 0) is 44.5 Å². The molecule has 11 aromatic rings. The Bertz CT molecular complexity index is 3540. The number of nitrogens with zero attached hydrogens (tertiary/aromatic N) is 8. The van der Waals surface area contributed by atoms with Crippen LogP contribution in [-0.4, -0.2) is 29.9 Å². The Morgan fingerprint density at radius 2 is 0.378 bits per heavy atom. The van der Waals surface area contributed by atoms with Crippen LogP contribution in [0.4, 0.5) is 0 Å². The first-order valence-corrected chi connectivity index (χ1v) is 24.7. The maximum Gasteiger partial charge on any atom is 0.0934 e. The van der Waals surface area contributed by atoms with E-state index in [2.05, 4.69) is 97.1 Å². The van der Waals surface area contributed by atoms with E-state index in [0.717, 1.165) is 109 Å². The number of aromatic nitrogens is 8. The minimum Gasteiger partial charge on any atom is -0.357 e. The minimum atomic E-state index is 0.456. The molecule has 0 radical (unpaired) electrons. The van der Waals surface area contributed by atoms with Gasteiger partial charge in [0.05, 0.1) is 23.3 Å². The molecule has 0 aliphatic carbocycles. The van der Waals surface area contributed by atoms with E-state index in [1.165, 1.54) is 0 Å². The monoisotopic (exact) mass is 984 g/mol. The molecule has 0 spiro atoms. The Morgan fingerprint density at radius 3 is 0.554 bits per heavy atom. The molecule has 3 aromatic heterocycles. The summed E-state index contributed by atoms with van der Waals surface area (Å²) in [5.41, 5.74) is 15.8. The molecule has 13 rings (SSSR count). The average Bonchev–Trinajstić information content (AvgIpc) is 4.23. The van der Waals surface area contributed by atoms with Crippen LogP contribution >= 0.6 is 0 Å². The van der Waals surface area contributed by atoms with Crippen molar-refractivity contribution in [2.45, 2.75) is 0 Å². The van der Waals surface area contributed by atoms with Crippen LogP contribution in [0.15, 0.2) is 243 Å². The fraction of sp³-hybridized carbons (Fsp3) is 0. The van der Waals surface area contributed by atoms with Crippen molar-refractivity contribution in [3.05, 3.63) is 288 Å². The van der Waals surface area contributed by atoms with Crippen molar-refractivity contribution in [3.63, 3.8) is 0 Å². The van der Waals surface area contributed by atoms with Crippen LogP contribution < -0.4 is 9.97 Å². The fourth-order valence-electron chi connectivity index (χ4n) is 9.82. The van der Waals surface area contributed by atoms with Gasteiger partial charge in [0.2, 0.25) is 0 Å². The summed E-state index contributed by atoms with van der Waals surface area (Å²) in [5.74, 6) is 1.83. The van der Waals surface area contributed by atoms with Crippen LogP contribution in [0.2, 0.25) is 0 Å². The van der Waals surface area contributed by atoms with Gasteiger partial charge in [-0.25, -0.2) is 9.97 Å². The second-order valence-electron chi connectivity index (χ2n) is 17.4. The number of benzene rings is 8. The number of rotatable bonds is 8. The first kappa shape index (κ1) is 45.7. The van der Waals surface area contributed by atoms with E-state index < -0.39 is 0 Å². The summed E-state index contributed by atoms with van der Waals surface area (Å²) >= 11 is 0.750. The van der Waals surface area contributed by atoms with Gasteiger partial charge >= 0.3 is 23.7 Å². The molecule has 0 saturated heterocycles. The third-order valence-electron chi connectivity index (χ3n) is 13.0. The predicted octanol–water partition coefficient (Wildman–Crippen LogP) is 13.7. The van der Waals surface area contributed by atoms with Gasteiger partial charge in [0.15, 0.2) is 0 Å². The summed E-state index contributed by atoms with van der Waals surface area (Å²) < 4.78 is 8.25. The Balaban J connectivity index is 0.00000275. The molecule has 0 N–H and O–H groups in total. The van der Waals surface area contributed by atoms with Gasteiger partial charge in [0.25, 0.3) is 0 Å². The molecule has 0 amide bonds. The summed E-state index contributed by atoms with van der Waals surface area (Å²) in [4.78, 5) is 44.2. The molecule has 2 aliphatic heterocycles. The summed E-state index contributed by atoms with van der Waals surface area (Å²) in [6, 6.07) is 82.2. The molecular formula is C64H40N8OTi. The quantitative estimate of drug-likeness (QED) is 0.137. The molecule has 8 aromatic carbocycles. The van der Waals surface area contributed by atoms with E-state index >= 15 is 0 Å². The second kappa shape index (κ2) is 20.4. The van der Waals surface area contributed by atoms with E-state index in [1.807, 2.05) is 146 Å². The molecule has 9 nitrogen and oxygen atoms in total. The number of fused-ring (bicyclic) bond motifs is 8. The molecule has 0 fully saturated rings. The van der Waals surface area contributed by atoms with Crippen LogP contribution in [0.5, 0.6) is 0 Å². The van der Waals surface area contributed by atoms with Crippen molar-refractivity contribution < 1.29 is 23.7 Å². The van der Waals surface area contributed by atoms with Gasteiger partial charge in [-0.1, -0.05) is 243 Å². The van der Waals surface area contributed by atoms with Crippen LogP contribution in [0.25, 0.3) is 89.4 Å². The van der Waals surface area contributed by atoms with Crippen LogP contribution in [0, 0.1) is 0 Å². The van der Waals surface area contributed by atoms with Gasteiger partial charge in [-0.2, -0.15) is 0 Å². The molecule has 0 atom stereocenters. The van der Waals surface area contributed by atoms with Crippen molar-refractivity contribution in [1.82, 2.24) is 39.9 Å². The Labute approximate surface area is 438 Å². The van der Waals surface area contributed by atoms with E-state index in [-0.39, 0.29) is 0 Å². The van der Waals surface area contributed by atoms with Crippen molar-refractivity contribution in [2.24, 2.45) is 0 Å². The third kappa shape index (κ3) is 8.56. The molecule has 346 valence electrons. The normalized spacial score (nSPS) is 12.1. The van der Waals surface area contributed by atoms with Crippen LogP contribution in [-0.2, 0) is 23.7 Å². The Kier molecular flexibility index (Phi) is 12.6. The summed E-state index contributed by atoms with van der Waals surface area (Å²) in [6.07, 6.45) is 0. The van der Waals surface area contributed by atoms with E-state index in [9.17, 15) is 0 Å². The zero-order valence-electron chi connectivity index (χ0n) is 39.6. The standard InChI is InChI=1S/C64H40N8.O.Ti/c1-9-25-41(26-10-1)49-50(42-27-11-2-12-28-42)58-65-57(49)69-59-51(43-29-13-3-14-30-43)52(44-31-15-4-16-32-44)61(66-59)71-63-55(47-37-21-7-22-38-47)56(48-39-23-8-24-40-48)64(68-63)72-62-54(46-35-19-6-20-36-46)53(60(67-62)70-58)45-33-17-5-18-34-45;;/h1-40H;;/q-2;;+2. The second-order valence-corrected chi connectivity index (χ2v) is 17.4. The Morgan fingerprint density at radius 1 is 0.216 bits per heavy atom. The van der Waals surface area contributed by atoms with Gasteiger partial charge in [0, 0.05) is 67.1 Å². The summed E-state index contributed by atoms with van der Waals surface area (Å²) in [5, 5.41) is 0. The van der Waals surface area contributed by atoms with Crippen molar-refractivity contribution in [1.29, 1.82) is 0 Å². The molecule has 0 saturated carbocycles. The van der Waals surface area contributed by atoms with E-state index in [4.69, 9.17) is 43.2 Å². The van der Waals surface area contributed by atoms with Crippen molar-refractivity contribution in [2.75, 3.05) is 0 Å². The average molecular weight is 985 g/mol. The van der Waals surface area contributed by atoms with Gasteiger partial charge < -0.3 is 29.9 Å². The smallest absolute Gasteiger partial charge is 0.0934 e. The van der Waals surface area contributed by atoms with E-state index in [0.29, 0.717) is 45.9 Å². The first-order chi connectivity index (χ1) is 36.7. The topological polar surface area (TPSA) is 123 Å². The zero-order chi connectivity index (χ0) is 49.8. The summed E-state index contributed by atoms with van der Waals surface area (Å²) in [6.45, 7) is 0. The van der Waals surface area contributed by atoms with Gasteiger partial charge in [-0.3, -0.25) is 0 Å². The molecular weight excluding hydrogens is 945 g/mol. The summed E-state index contributed by atoms with van der Waals surface area (Å²) in [7, 11) is 0. The number of hydrogen-bond acceptors (Lipinski definition) is 7. The van der Waals surface area contributed by atoms with Gasteiger partial charge in [-0.15, -0.1) is 0 Å². The van der Waals surface area contributed by atoms with Crippen molar-refractivity contribution >= 4 is 44.9 Å². The molecule has 10 heteroatoms. The largest absolute Gasteiger partial charge is 0.357 e. The predicted molar refractivity (Wildman–Crippen MR) is 288 cm³/mol. The SMILES string of the molecule is [O]=[Ti+2].c1ccc(C2=C(c3ccccc3)c3nc2nc2[n-]c(nc4nc(nc5[n-]c(n3)c(-c3ccccc3)c5-c3ccccc3)C(c3ccccc3)=C4c3ccccc3)c(-c3ccccc3)c2-c2ccccc2)cc1. The zero-order valence-corrected chi connectivity index (χ0v) is 41.1. The maximum absolute atomic E-state index is 8.25. The molecule has 0 unspecified atom stereocenters. The minimum absolute atomic E-state index is 0.456. The molecule has 2 aliphatic rings. The van der Waals surface area contributed by atoms with Crippen molar-refractivity contribution in [3.8, 4) is 44.5 Å². The number of hydrogen-bond donors (Lipinski definition) is 0. The molecule has 5 heterocycles. The Hall–Kier alpha value is -9.41. The molecule has 74 heavy (non-hydrogen) atoms. The van der Waals surface area contributed by atoms with E-state index in [1.54, 1.807) is 0 Å². The maximum atomic E-state index is 8.25. The van der Waals surface area contributed by atoms with Gasteiger partial charge in [0.1, 0.15) is 0 Å². The fourth-order valence-corrected chi connectivity index (χ4v) is 9.82. The van der Waals surface area contributed by atoms with Crippen LogP contribution in [0.1, 0.15) is 45.6 Å². The first-order valence-electron chi connectivity index (χ1n) is 24.1. The molecule has 8 bridgehead atoms. The van der Waals surface area contributed by atoms with Crippen LogP contribution in [0.3, 0.4) is 0 Å².